The van der Waals surface area contributed by atoms with Gasteiger partial charge in [-0.05, 0) is 56.0 Å². The standard InChI is InChI=1S/C23H21N3O4/c1-14-10-11-23(2,22(30)25-14)26-20(28)16-8-6-15(13-17(16)21(26)29)7-9-19(27)18-5-3-4-12-24-18/h3-6,8,12-13H,1,7,9-11H2,2H3,(H,25,30)/t23-/m0/s1. The second-order valence-corrected chi connectivity index (χ2v) is 7.80. The molecule has 0 aliphatic carbocycles. The Morgan fingerprint density at radius 1 is 1.17 bits per heavy atom. The zero-order valence-corrected chi connectivity index (χ0v) is 16.6. The molecule has 4 rings (SSSR count). The average Bonchev–Trinajstić information content (AvgIpc) is 3.00. The van der Waals surface area contributed by atoms with Gasteiger partial charge in [0.1, 0.15) is 11.2 Å². The Balaban J connectivity index is 1.54. The molecular formula is C23H21N3O4. The van der Waals surface area contributed by atoms with E-state index in [-0.39, 0.29) is 23.3 Å². The summed E-state index contributed by atoms with van der Waals surface area (Å²) in [6.45, 7) is 5.35. The van der Waals surface area contributed by atoms with Crippen molar-refractivity contribution in [2.75, 3.05) is 0 Å². The largest absolute Gasteiger partial charge is 0.328 e. The number of aryl methyl sites for hydroxylation is 1. The Hall–Kier alpha value is -3.61. The SMILES string of the molecule is C=C1CC[C@](C)(N2C(=O)c3ccc(CCC(=O)c4ccccn4)cc3C2=O)C(=O)N1. The van der Waals surface area contributed by atoms with Gasteiger partial charge in [0.25, 0.3) is 11.8 Å². The van der Waals surface area contributed by atoms with Gasteiger partial charge in [-0.2, -0.15) is 0 Å². The van der Waals surface area contributed by atoms with Crippen LogP contribution in [0.3, 0.4) is 0 Å². The molecule has 2 aliphatic heterocycles. The molecule has 1 N–H and O–H groups in total. The molecule has 0 spiro atoms. The minimum atomic E-state index is -1.26. The first-order chi connectivity index (χ1) is 14.3. The molecule has 0 bridgehead atoms. The molecule has 0 saturated carbocycles. The average molecular weight is 403 g/mol. The van der Waals surface area contributed by atoms with Crippen LogP contribution in [0.2, 0.25) is 0 Å². The normalized spacial score (nSPS) is 20.9. The van der Waals surface area contributed by atoms with Crippen molar-refractivity contribution in [3.05, 3.63) is 77.3 Å². The Morgan fingerprint density at radius 3 is 2.63 bits per heavy atom. The third-order valence-electron chi connectivity index (χ3n) is 5.73. The van der Waals surface area contributed by atoms with E-state index in [4.69, 9.17) is 0 Å². The van der Waals surface area contributed by atoms with Crippen molar-refractivity contribution < 1.29 is 19.2 Å². The van der Waals surface area contributed by atoms with Crippen LogP contribution in [-0.4, -0.2) is 38.9 Å². The zero-order valence-electron chi connectivity index (χ0n) is 16.6. The Morgan fingerprint density at radius 2 is 1.93 bits per heavy atom. The van der Waals surface area contributed by atoms with E-state index in [1.54, 1.807) is 49.5 Å². The van der Waals surface area contributed by atoms with Gasteiger partial charge in [-0.15, -0.1) is 0 Å². The topological polar surface area (TPSA) is 96.4 Å². The van der Waals surface area contributed by atoms with E-state index in [1.807, 2.05) is 0 Å². The van der Waals surface area contributed by atoms with E-state index in [1.165, 1.54) is 0 Å². The van der Waals surface area contributed by atoms with Crippen molar-refractivity contribution in [1.29, 1.82) is 0 Å². The number of carbonyl (C=O) groups is 4. The van der Waals surface area contributed by atoms with Crippen LogP contribution in [0.25, 0.3) is 0 Å². The van der Waals surface area contributed by atoms with E-state index in [0.717, 1.165) is 10.5 Å². The summed E-state index contributed by atoms with van der Waals surface area (Å²) in [6, 6.07) is 10.1. The second-order valence-electron chi connectivity index (χ2n) is 7.80. The molecule has 1 atom stereocenters. The molecule has 1 fully saturated rings. The number of amides is 3. The van der Waals surface area contributed by atoms with Gasteiger partial charge in [0.15, 0.2) is 5.78 Å². The number of carbonyl (C=O) groups excluding carboxylic acids is 4. The number of aromatic nitrogens is 1. The maximum Gasteiger partial charge on any atom is 0.262 e. The molecule has 152 valence electrons. The number of hydrogen-bond donors (Lipinski definition) is 1. The van der Waals surface area contributed by atoms with Crippen molar-refractivity contribution >= 4 is 23.5 Å². The fraction of sp³-hybridized carbons (Fsp3) is 0.261. The predicted molar refractivity (Wildman–Crippen MR) is 109 cm³/mol. The molecule has 0 radical (unpaired) electrons. The highest BCUT2D eigenvalue weighted by atomic mass is 16.2. The third-order valence-corrected chi connectivity index (χ3v) is 5.73. The molecule has 2 aliphatic rings. The Bertz CT molecular complexity index is 1090. The van der Waals surface area contributed by atoms with Gasteiger partial charge in [0.05, 0.1) is 11.1 Å². The lowest BCUT2D eigenvalue weighted by Crippen LogP contribution is -2.60. The van der Waals surface area contributed by atoms with Crippen LogP contribution in [0.4, 0.5) is 0 Å². The number of imide groups is 1. The minimum absolute atomic E-state index is 0.0910. The van der Waals surface area contributed by atoms with Gasteiger partial charge in [-0.1, -0.05) is 18.7 Å². The van der Waals surface area contributed by atoms with Gasteiger partial charge in [-0.3, -0.25) is 29.1 Å². The number of fused-ring (bicyclic) bond motifs is 1. The monoisotopic (exact) mass is 403 g/mol. The third kappa shape index (κ3) is 3.22. The summed E-state index contributed by atoms with van der Waals surface area (Å²) in [4.78, 5) is 56.0. The second kappa shape index (κ2) is 7.33. The zero-order chi connectivity index (χ0) is 21.5. The first-order valence-corrected chi connectivity index (χ1v) is 9.76. The fourth-order valence-corrected chi connectivity index (χ4v) is 3.88. The number of nitrogens with zero attached hydrogens (tertiary/aromatic N) is 2. The van der Waals surface area contributed by atoms with Gasteiger partial charge in [-0.25, -0.2) is 0 Å². The number of benzene rings is 1. The highest BCUT2D eigenvalue weighted by Crippen LogP contribution is 2.35. The van der Waals surface area contributed by atoms with Gasteiger partial charge < -0.3 is 5.32 Å². The van der Waals surface area contributed by atoms with E-state index in [9.17, 15) is 19.2 Å². The summed E-state index contributed by atoms with van der Waals surface area (Å²) in [5.74, 6) is -1.46. The van der Waals surface area contributed by atoms with Crippen molar-refractivity contribution in [3.63, 3.8) is 0 Å². The number of allylic oxidation sites excluding steroid dienone is 1. The van der Waals surface area contributed by atoms with Crippen molar-refractivity contribution in [2.24, 2.45) is 0 Å². The first kappa shape index (κ1) is 19.7. The summed E-state index contributed by atoms with van der Waals surface area (Å²) in [5, 5.41) is 2.65. The van der Waals surface area contributed by atoms with Crippen LogP contribution in [0.1, 0.15) is 63.0 Å². The molecule has 1 saturated heterocycles. The molecule has 7 nitrogen and oxygen atoms in total. The number of ketones is 1. The molecular weight excluding hydrogens is 382 g/mol. The van der Waals surface area contributed by atoms with E-state index in [2.05, 4.69) is 16.9 Å². The van der Waals surface area contributed by atoms with Crippen LogP contribution >= 0.6 is 0 Å². The maximum absolute atomic E-state index is 13.1. The number of Topliss-reactive ketones (excluding diaryl/α,β-unsaturated/α-hetero) is 1. The highest BCUT2D eigenvalue weighted by molar-refractivity contribution is 6.23. The van der Waals surface area contributed by atoms with Crippen molar-refractivity contribution in [2.45, 2.75) is 38.1 Å². The first-order valence-electron chi connectivity index (χ1n) is 9.76. The van der Waals surface area contributed by atoms with Crippen LogP contribution < -0.4 is 5.32 Å². The quantitative estimate of drug-likeness (QED) is 0.612. The Kier molecular flexibility index (Phi) is 4.81. The van der Waals surface area contributed by atoms with Crippen LogP contribution in [0.5, 0.6) is 0 Å². The van der Waals surface area contributed by atoms with E-state index in [0.29, 0.717) is 30.7 Å². The van der Waals surface area contributed by atoms with Crippen LogP contribution in [-0.2, 0) is 11.2 Å². The van der Waals surface area contributed by atoms with Crippen molar-refractivity contribution in [1.82, 2.24) is 15.2 Å². The number of pyridine rings is 1. The van der Waals surface area contributed by atoms with Gasteiger partial charge in [0, 0.05) is 18.3 Å². The fourth-order valence-electron chi connectivity index (χ4n) is 3.88. The lowest BCUT2D eigenvalue weighted by molar-refractivity contribution is -0.131. The molecule has 3 heterocycles. The predicted octanol–water partition coefficient (Wildman–Crippen LogP) is 2.68. The number of hydrogen-bond acceptors (Lipinski definition) is 5. The molecule has 3 amide bonds. The van der Waals surface area contributed by atoms with Crippen LogP contribution in [0.15, 0.2) is 54.9 Å². The van der Waals surface area contributed by atoms with E-state index < -0.39 is 23.3 Å². The summed E-state index contributed by atoms with van der Waals surface area (Å²) in [6.07, 6.45) is 3.05. The highest BCUT2D eigenvalue weighted by Gasteiger charge is 2.51. The molecule has 30 heavy (non-hydrogen) atoms. The number of rotatable bonds is 5. The molecule has 2 aromatic rings. The minimum Gasteiger partial charge on any atom is -0.328 e. The van der Waals surface area contributed by atoms with Crippen LogP contribution in [0, 0.1) is 0 Å². The molecule has 7 heteroatoms. The van der Waals surface area contributed by atoms with Gasteiger partial charge >= 0.3 is 0 Å². The van der Waals surface area contributed by atoms with E-state index >= 15 is 0 Å². The maximum atomic E-state index is 13.1. The number of piperidine rings is 1. The smallest absolute Gasteiger partial charge is 0.262 e. The summed E-state index contributed by atoms with van der Waals surface area (Å²) >= 11 is 0. The molecule has 0 unspecified atom stereocenters. The summed E-state index contributed by atoms with van der Waals surface area (Å²) in [5.41, 5.74) is 1.03. The number of nitrogens with one attached hydrogen (secondary N) is 1. The lowest BCUT2D eigenvalue weighted by Gasteiger charge is -2.39. The lowest BCUT2D eigenvalue weighted by atomic mass is 9.88. The molecule has 1 aromatic heterocycles. The summed E-state index contributed by atoms with van der Waals surface area (Å²) < 4.78 is 0. The Labute approximate surface area is 173 Å². The van der Waals surface area contributed by atoms with Gasteiger partial charge in [0.2, 0.25) is 5.91 Å². The van der Waals surface area contributed by atoms with Crippen molar-refractivity contribution in [3.8, 4) is 0 Å². The molecule has 1 aromatic carbocycles. The summed E-state index contributed by atoms with van der Waals surface area (Å²) in [7, 11) is 0.